The third-order valence-electron chi connectivity index (χ3n) is 5.71. The van der Waals surface area contributed by atoms with Gasteiger partial charge in [0, 0.05) is 31.2 Å². The molecule has 6 heteroatoms. The minimum absolute atomic E-state index is 0.0648. The van der Waals surface area contributed by atoms with Crippen LogP contribution in [0.15, 0.2) is 0 Å². The lowest BCUT2D eigenvalue weighted by Gasteiger charge is -2.55. The minimum Gasteiger partial charge on any atom is -0.379 e. The largest absolute Gasteiger partial charge is 0.379 e. The molecule has 0 radical (unpaired) electrons. The van der Waals surface area contributed by atoms with Crippen LogP contribution in [0.25, 0.3) is 0 Å². The topological polar surface area (TPSA) is 64.6 Å². The number of hydrogen-bond donors (Lipinski definition) is 1. The van der Waals surface area contributed by atoms with Gasteiger partial charge >= 0.3 is 0 Å². The lowest BCUT2D eigenvalue weighted by Crippen LogP contribution is -2.65. The molecule has 1 N–H and O–H groups in total. The van der Waals surface area contributed by atoms with Gasteiger partial charge in [-0.05, 0) is 26.2 Å². The summed E-state index contributed by atoms with van der Waals surface area (Å²) in [6.07, 6.45) is 6.07. The fraction of sp³-hybridized carbons (Fsp3) is 1.00. The molecule has 0 aromatic carbocycles. The summed E-state index contributed by atoms with van der Waals surface area (Å²) >= 11 is 0. The molecule has 3 fully saturated rings. The molecule has 2 saturated carbocycles. The van der Waals surface area contributed by atoms with E-state index < -0.39 is 9.84 Å². The van der Waals surface area contributed by atoms with Crippen molar-refractivity contribution in [1.82, 2.24) is 5.32 Å². The van der Waals surface area contributed by atoms with Crippen molar-refractivity contribution >= 4 is 9.84 Å². The van der Waals surface area contributed by atoms with E-state index in [0.717, 1.165) is 13.0 Å². The molecule has 4 atom stereocenters. The maximum absolute atomic E-state index is 11.8. The van der Waals surface area contributed by atoms with E-state index in [1.54, 1.807) is 7.11 Å². The second-order valence-electron chi connectivity index (χ2n) is 6.80. The van der Waals surface area contributed by atoms with E-state index in [1.165, 1.54) is 25.7 Å². The van der Waals surface area contributed by atoms with Crippen molar-refractivity contribution in [1.29, 1.82) is 0 Å². The summed E-state index contributed by atoms with van der Waals surface area (Å²) in [5.74, 6) is 0.354. The van der Waals surface area contributed by atoms with Crippen LogP contribution in [0.2, 0.25) is 0 Å². The van der Waals surface area contributed by atoms with Crippen LogP contribution in [0.5, 0.6) is 0 Å². The van der Waals surface area contributed by atoms with Crippen molar-refractivity contribution in [2.75, 3.05) is 25.2 Å². The maximum Gasteiger partial charge on any atom is 0.154 e. The number of methoxy groups -OCH3 is 1. The molecule has 3 aliphatic rings. The Morgan fingerprint density at radius 2 is 1.95 bits per heavy atom. The van der Waals surface area contributed by atoms with Crippen LogP contribution in [-0.4, -0.2) is 57.9 Å². The fourth-order valence-corrected chi connectivity index (χ4v) is 6.44. The van der Waals surface area contributed by atoms with Gasteiger partial charge in [0.25, 0.3) is 0 Å². The van der Waals surface area contributed by atoms with Gasteiger partial charge in [0.15, 0.2) is 9.84 Å². The average Bonchev–Trinajstić information content (AvgIpc) is 3.03. The van der Waals surface area contributed by atoms with Crippen LogP contribution < -0.4 is 5.32 Å². The number of hydrogen-bond acceptors (Lipinski definition) is 5. The zero-order chi connectivity index (χ0) is 15.1. The normalized spacial score (nSPS) is 40.5. The maximum atomic E-state index is 11.8. The van der Waals surface area contributed by atoms with Crippen LogP contribution in [0.3, 0.4) is 0 Å². The summed E-state index contributed by atoms with van der Waals surface area (Å²) < 4.78 is 35.0. The molecule has 122 valence electrons. The zero-order valence-electron chi connectivity index (χ0n) is 13.0. The molecule has 0 amide bonds. The van der Waals surface area contributed by atoms with E-state index >= 15 is 0 Å². The lowest BCUT2D eigenvalue weighted by atomic mass is 9.60. The van der Waals surface area contributed by atoms with Gasteiger partial charge < -0.3 is 14.8 Å². The van der Waals surface area contributed by atoms with Gasteiger partial charge in [-0.2, -0.15) is 0 Å². The molecule has 1 saturated heterocycles. The number of rotatable bonds is 5. The van der Waals surface area contributed by atoms with Crippen LogP contribution in [0.4, 0.5) is 0 Å². The molecule has 1 spiro atoms. The van der Waals surface area contributed by atoms with Gasteiger partial charge in [0.1, 0.15) is 0 Å². The van der Waals surface area contributed by atoms with Crippen molar-refractivity contribution in [2.24, 2.45) is 5.41 Å². The Kier molecular flexibility index (Phi) is 4.34. The van der Waals surface area contributed by atoms with Gasteiger partial charge in [-0.1, -0.05) is 12.8 Å². The molecular formula is C15H27NO4S. The third-order valence-corrected chi connectivity index (χ3v) is 7.41. The molecule has 3 rings (SSSR count). The lowest BCUT2D eigenvalue weighted by molar-refractivity contribution is -0.134. The highest BCUT2D eigenvalue weighted by atomic mass is 32.2. The quantitative estimate of drug-likeness (QED) is 0.823. The molecule has 1 aliphatic heterocycles. The average molecular weight is 317 g/mol. The monoisotopic (exact) mass is 317 g/mol. The van der Waals surface area contributed by atoms with E-state index in [0.29, 0.717) is 12.1 Å². The van der Waals surface area contributed by atoms with Crippen LogP contribution in [0.1, 0.15) is 39.0 Å². The first-order chi connectivity index (χ1) is 10.0. The summed E-state index contributed by atoms with van der Waals surface area (Å²) in [4.78, 5) is 0. The van der Waals surface area contributed by atoms with E-state index in [9.17, 15) is 8.42 Å². The van der Waals surface area contributed by atoms with Crippen molar-refractivity contribution in [3.63, 3.8) is 0 Å². The first kappa shape index (κ1) is 15.7. The Bertz CT molecular complexity index is 472. The van der Waals surface area contributed by atoms with E-state index in [4.69, 9.17) is 9.47 Å². The number of ether oxygens (including phenoxy) is 2. The minimum atomic E-state index is -2.96. The van der Waals surface area contributed by atoms with Crippen LogP contribution in [-0.2, 0) is 19.3 Å². The SMILES string of the molecule is CCOC1CC(N[C@@H]2CS(=O)(=O)C[C@@H]2OC)C12CCCC2. The summed E-state index contributed by atoms with van der Waals surface area (Å²) in [7, 11) is -1.36. The van der Waals surface area contributed by atoms with E-state index in [2.05, 4.69) is 5.32 Å². The predicted octanol–water partition coefficient (Wildman–Crippen LogP) is 1.13. The number of nitrogens with one attached hydrogen (secondary N) is 1. The summed E-state index contributed by atoms with van der Waals surface area (Å²) in [6, 6.07) is 0.317. The Hall–Kier alpha value is -0.170. The highest BCUT2D eigenvalue weighted by Crippen LogP contribution is 2.55. The molecule has 21 heavy (non-hydrogen) atoms. The number of sulfone groups is 1. The van der Waals surface area contributed by atoms with E-state index in [-0.39, 0.29) is 29.1 Å². The van der Waals surface area contributed by atoms with Crippen molar-refractivity contribution in [3.8, 4) is 0 Å². The second-order valence-corrected chi connectivity index (χ2v) is 8.95. The standard InChI is InChI=1S/C15H27NO4S/c1-3-20-14-8-13(15(14)6-4-5-7-15)16-11-9-21(17,18)10-12(11)19-2/h11-14,16H,3-10H2,1-2H3/t11-,12+,13?,14?/m1/s1. The van der Waals surface area contributed by atoms with Crippen LogP contribution >= 0.6 is 0 Å². The molecular weight excluding hydrogens is 290 g/mol. The first-order valence-electron chi connectivity index (χ1n) is 8.11. The molecule has 1 heterocycles. The smallest absolute Gasteiger partial charge is 0.154 e. The van der Waals surface area contributed by atoms with Crippen molar-refractivity contribution < 1.29 is 17.9 Å². The summed E-state index contributed by atoms with van der Waals surface area (Å²) in [6.45, 7) is 2.81. The van der Waals surface area contributed by atoms with Crippen LogP contribution in [0, 0.1) is 5.41 Å². The van der Waals surface area contributed by atoms with E-state index in [1.807, 2.05) is 6.92 Å². The second kappa shape index (κ2) is 5.80. The van der Waals surface area contributed by atoms with Gasteiger partial charge in [-0.15, -0.1) is 0 Å². The van der Waals surface area contributed by atoms with Gasteiger partial charge in [0.2, 0.25) is 0 Å². The molecule has 2 unspecified atom stereocenters. The Morgan fingerprint density at radius 3 is 2.57 bits per heavy atom. The molecule has 0 aromatic rings. The van der Waals surface area contributed by atoms with Gasteiger partial charge in [-0.25, -0.2) is 8.42 Å². The first-order valence-corrected chi connectivity index (χ1v) is 9.94. The zero-order valence-corrected chi connectivity index (χ0v) is 13.8. The molecule has 0 aromatic heterocycles. The van der Waals surface area contributed by atoms with Gasteiger partial charge in [-0.3, -0.25) is 0 Å². The Labute approximate surface area is 127 Å². The molecule has 5 nitrogen and oxygen atoms in total. The van der Waals surface area contributed by atoms with Crippen molar-refractivity contribution in [2.45, 2.75) is 63.3 Å². The summed E-state index contributed by atoms with van der Waals surface area (Å²) in [5, 5.41) is 3.61. The molecule has 0 bridgehead atoms. The Balaban J connectivity index is 1.68. The van der Waals surface area contributed by atoms with Crippen molar-refractivity contribution in [3.05, 3.63) is 0 Å². The summed E-state index contributed by atoms with van der Waals surface area (Å²) in [5.41, 5.74) is 0.237. The molecule has 2 aliphatic carbocycles. The Morgan fingerprint density at radius 1 is 1.24 bits per heavy atom. The fourth-order valence-electron chi connectivity index (χ4n) is 4.58. The highest BCUT2D eigenvalue weighted by Gasteiger charge is 2.57. The van der Waals surface area contributed by atoms with Gasteiger partial charge in [0.05, 0.1) is 23.7 Å². The highest BCUT2D eigenvalue weighted by molar-refractivity contribution is 7.91. The predicted molar refractivity (Wildman–Crippen MR) is 81.1 cm³/mol. The third kappa shape index (κ3) is 2.76.